The minimum Gasteiger partial charge on any atom is -0.475 e. The SMILES string of the molecule is COC(=O)c1c2cccc(-c3ccc(C(C)C)cc3)c2nn1C.O=C(O)C(F)(F)F.[HH]. The molecular weight excluding hydrogens is 401 g/mol. The molecule has 0 aliphatic heterocycles. The van der Waals surface area contributed by atoms with Crippen molar-refractivity contribution in [2.45, 2.75) is 25.9 Å². The third-order valence-corrected chi connectivity index (χ3v) is 4.37. The van der Waals surface area contributed by atoms with E-state index in [1.165, 1.54) is 12.7 Å². The lowest BCUT2D eigenvalue weighted by molar-refractivity contribution is -0.192. The molecule has 0 saturated heterocycles. The normalized spacial score (nSPS) is 11.2. The highest BCUT2D eigenvalue weighted by Gasteiger charge is 2.38. The monoisotopic (exact) mass is 424 g/mol. The summed E-state index contributed by atoms with van der Waals surface area (Å²) in [6, 6.07) is 14.4. The van der Waals surface area contributed by atoms with Crippen molar-refractivity contribution in [3.05, 3.63) is 53.7 Å². The van der Waals surface area contributed by atoms with Crippen molar-refractivity contribution in [1.29, 1.82) is 0 Å². The summed E-state index contributed by atoms with van der Waals surface area (Å²) in [5.74, 6) is -2.63. The predicted octanol–water partition coefficient (Wildman–Crippen LogP) is 5.03. The first-order valence-corrected chi connectivity index (χ1v) is 8.91. The molecule has 1 N–H and O–H groups in total. The Morgan fingerprint density at radius 1 is 1.13 bits per heavy atom. The van der Waals surface area contributed by atoms with Crippen LogP contribution in [0.5, 0.6) is 0 Å². The first-order chi connectivity index (χ1) is 14.0. The maximum absolute atomic E-state index is 12.0. The number of halogens is 3. The Hall–Kier alpha value is -3.36. The highest BCUT2D eigenvalue weighted by Crippen LogP contribution is 2.30. The van der Waals surface area contributed by atoms with Crippen molar-refractivity contribution < 1.29 is 34.0 Å². The van der Waals surface area contributed by atoms with E-state index >= 15 is 0 Å². The fourth-order valence-electron chi connectivity index (χ4n) is 2.84. The van der Waals surface area contributed by atoms with Gasteiger partial charge in [-0.3, -0.25) is 4.68 Å². The fraction of sp³-hybridized carbons (Fsp3) is 0.286. The molecule has 0 amide bonds. The summed E-state index contributed by atoms with van der Waals surface area (Å²) in [7, 11) is 3.15. The highest BCUT2D eigenvalue weighted by atomic mass is 19.4. The molecule has 30 heavy (non-hydrogen) atoms. The molecule has 1 heterocycles. The molecule has 2 aromatic carbocycles. The molecule has 0 radical (unpaired) electrons. The molecule has 0 aliphatic carbocycles. The summed E-state index contributed by atoms with van der Waals surface area (Å²) in [6.45, 7) is 4.36. The number of carboxylic acid groups (broad SMARTS) is 1. The molecule has 0 aliphatic rings. The average molecular weight is 424 g/mol. The van der Waals surface area contributed by atoms with E-state index in [9.17, 15) is 18.0 Å². The molecule has 0 fully saturated rings. The quantitative estimate of drug-likeness (QED) is 0.597. The molecule has 0 spiro atoms. The number of aromatic nitrogens is 2. The molecule has 0 atom stereocenters. The van der Waals surface area contributed by atoms with Gasteiger partial charge in [0.2, 0.25) is 0 Å². The van der Waals surface area contributed by atoms with Crippen LogP contribution in [0.2, 0.25) is 0 Å². The maximum atomic E-state index is 12.0. The van der Waals surface area contributed by atoms with Gasteiger partial charge in [-0.05, 0) is 17.0 Å². The smallest absolute Gasteiger partial charge is 0.475 e. The number of carbonyl (C=O) groups is 2. The van der Waals surface area contributed by atoms with Gasteiger partial charge >= 0.3 is 18.1 Å². The lowest BCUT2D eigenvalue weighted by atomic mass is 9.97. The second-order valence-corrected chi connectivity index (χ2v) is 6.75. The second kappa shape index (κ2) is 8.98. The van der Waals surface area contributed by atoms with E-state index in [4.69, 9.17) is 14.6 Å². The van der Waals surface area contributed by atoms with Gasteiger partial charge in [-0.1, -0.05) is 56.3 Å². The first kappa shape index (κ1) is 22.9. The molecule has 0 saturated carbocycles. The van der Waals surface area contributed by atoms with Gasteiger partial charge in [-0.2, -0.15) is 18.3 Å². The predicted molar refractivity (Wildman–Crippen MR) is 107 cm³/mol. The van der Waals surface area contributed by atoms with Crippen LogP contribution in [0, 0.1) is 0 Å². The number of carbonyl (C=O) groups excluding carboxylic acids is 1. The number of esters is 1. The fourth-order valence-corrected chi connectivity index (χ4v) is 2.84. The van der Waals surface area contributed by atoms with Crippen LogP contribution in [0.15, 0.2) is 42.5 Å². The number of aliphatic carboxylic acids is 1. The minimum atomic E-state index is -5.08. The minimum absolute atomic E-state index is 0. The number of carboxylic acids is 1. The van der Waals surface area contributed by atoms with Crippen LogP contribution < -0.4 is 0 Å². The largest absolute Gasteiger partial charge is 0.490 e. The van der Waals surface area contributed by atoms with E-state index in [1.54, 1.807) is 11.7 Å². The Balaban J connectivity index is 0.000000523. The van der Waals surface area contributed by atoms with Crippen molar-refractivity contribution in [2.75, 3.05) is 7.11 Å². The number of nitrogens with zero attached hydrogens (tertiary/aromatic N) is 2. The lowest BCUT2D eigenvalue weighted by Gasteiger charge is -2.07. The Morgan fingerprint density at radius 2 is 1.70 bits per heavy atom. The lowest BCUT2D eigenvalue weighted by Crippen LogP contribution is -2.21. The van der Waals surface area contributed by atoms with Crippen molar-refractivity contribution >= 4 is 22.8 Å². The van der Waals surface area contributed by atoms with Gasteiger partial charge in [0.15, 0.2) is 5.69 Å². The van der Waals surface area contributed by atoms with Gasteiger partial charge < -0.3 is 9.84 Å². The number of aryl methyl sites for hydroxylation is 1. The van der Waals surface area contributed by atoms with Crippen LogP contribution in [0.4, 0.5) is 13.2 Å². The van der Waals surface area contributed by atoms with E-state index in [-0.39, 0.29) is 7.40 Å². The number of hydrogen-bond donors (Lipinski definition) is 1. The third-order valence-electron chi connectivity index (χ3n) is 4.37. The van der Waals surface area contributed by atoms with Gasteiger partial charge in [0.25, 0.3) is 0 Å². The zero-order chi connectivity index (χ0) is 22.6. The summed E-state index contributed by atoms with van der Waals surface area (Å²) in [5, 5.41) is 12.5. The summed E-state index contributed by atoms with van der Waals surface area (Å²) < 4.78 is 38.2. The van der Waals surface area contributed by atoms with Crippen molar-refractivity contribution in [2.24, 2.45) is 7.05 Å². The van der Waals surface area contributed by atoms with E-state index in [0.29, 0.717) is 11.6 Å². The van der Waals surface area contributed by atoms with Crippen LogP contribution in [0.25, 0.3) is 22.0 Å². The maximum Gasteiger partial charge on any atom is 0.490 e. The number of rotatable bonds is 3. The number of hydrogen-bond acceptors (Lipinski definition) is 4. The molecule has 6 nitrogen and oxygen atoms in total. The highest BCUT2D eigenvalue weighted by molar-refractivity contribution is 6.06. The number of methoxy groups -OCH3 is 1. The van der Waals surface area contributed by atoms with Crippen LogP contribution >= 0.6 is 0 Å². The summed E-state index contributed by atoms with van der Waals surface area (Å²) >= 11 is 0. The van der Waals surface area contributed by atoms with Crippen LogP contribution in [0.3, 0.4) is 0 Å². The van der Waals surface area contributed by atoms with Crippen LogP contribution in [-0.4, -0.2) is 40.1 Å². The van der Waals surface area contributed by atoms with Gasteiger partial charge in [0, 0.05) is 19.4 Å². The molecule has 162 valence electrons. The van der Waals surface area contributed by atoms with E-state index in [2.05, 4.69) is 43.2 Å². The number of alkyl halides is 3. The average Bonchev–Trinajstić information content (AvgIpc) is 3.03. The van der Waals surface area contributed by atoms with Crippen LogP contribution in [-0.2, 0) is 16.6 Å². The summed E-state index contributed by atoms with van der Waals surface area (Å²) in [6.07, 6.45) is -5.08. The molecule has 3 aromatic rings. The molecule has 9 heteroatoms. The Morgan fingerprint density at radius 3 is 2.17 bits per heavy atom. The Bertz CT molecular complexity index is 1060. The molecule has 0 unspecified atom stereocenters. The van der Waals surface area contributed by atoms with E-state index < -0.39 is 12.1 Å². The van der Waals surface area contributed by atoms with Crippen molar-refractivity contribution in [3.8, 4) is 11.1 Å². The van der Waals surface area contributed by atoms with Crippen molar-refractivity contribution in [1.82, 2.24) is 9.78 Å². The zero-order valence-corrected chi connectivity index (χ0v) is 16.8. The molecule has 0 bridgehead atoms. The molecule has 1 aromatic heterocycles. The number of fused-ring (bicyclic) bond motifs is 1. The van der Waals surface area contributed by atoms with Gasteiger partial charge in [0.1, 0.15) is 5.52 Å². The second-order valence-electron chi connectivity index (χ2n) is 6.75. The van der Waals surface area contributed by atoms with Crippen LogP contribution in [0.1, 0.15) is 37.2 Å². The Labute approximate surface area is 172 Å². The van der Waals surface area contributed by atoms with Gasteiger partial charge in [-0.25, -0.2) is 9.59 Å². The summed E-state index contributed by atoms with van der Waals surface area (Å²) in [5.41, 5.74) is 4.70. The van der Waals surface area contributed by atoms with E-state index in [1.807, 2.05) is 18.2 Å². The summed E-state index contributed by atoms with van der Waals surface area (Å²) in [4.78, 5) is 20.9. The number of ether oxygens (including phenoxy) is 1. The Kier molecular flexibility index (Phi) is 6.86. The van der Waals surface area contributed by atoms with Crippen molar-refractivity contribution in [3.63, 3.8) is 0 Å². The number of benzene rings is 2. The van der Waals surface area contributed by atoms with Gasteiger partial charge in [0.05, 0.1) is 7.11 Å². The topological polar surface area (TPSA) is 81.4 Å². The first-order valence-electron chi connectivity index (χ1n) is 8.91. The third kappa shape index (κ3) is 4.97. The standard InChI is InChI=1S/C19H20N2O2.C2HF3O2.H2/c1-12(2)13-8-10-14(11-9-13)15-6-5-7-16-17(15)20-21(3)18(16)19(22)23-4;3-2(4,5)1(6)7;/h5-12H,1-4H3;(H,6,7);1H. The van der Waals surface area contributed by atoms with E-state index in [0.717, 1.165) is 22.0 Å². The zero-order valence-electron chi connectivity index (χ0n) is 16.8. The van der Waals surface area contributed by atoms with Gasteiger partial charge in [-0.15, -0.1) is 0 Å². The molecular formula is C21H23F3N2O4. The molecule has 3 rings (SSSR count).